The smallest absolute Gasteiger partial charge is 0.228 e. The van der Waals surface area contributed by atoms with Crippen molar-refractivity contribution in [2.45, 2.75) is 13.0 Å². The topological polar surface area (TPSA) is 54.0 Å². The van der Waals surface area contributed by atoms with Crippen molar-refractivity contribution in [1.82, 2.24) is 4.98 Å². The van der Waals surface area contributed by atoms with E-state index in [1.807, 2.05) is 42.6 Å². The summed E-state index contributed by atoms with van der Waals surface area (Å²) < 4.78 is 12.9. The number of nitrogens with zero attached hydrogens (tertiary/aromatic N) is 1. The molecular formula is C20H18FN3O. The van der Waals surface area contributed by atoms with Crippen LogP contribution in [0.4, 0.5) is 15.8 Å². The number of nitrogens with one attached hydrogen (secondary N) is 2. The third kappa shape index (κ3) is 5.14. The Labute approximate surface area is 145 Å². The van der Waals surface area contributed by atoms with Gasteiger partial charge < -0.3 is 10.6 Å². The lowest BCUT2D eigenvalue weighted by Crippen LogP contribution is -2.14. The first-order valence-corrected chi connectivity index (χ1v) is 7.96. The first kappa shape index (κ1) is 16.6. The molecule has 0 fully saturated rings. The van der Waals surface area contributed by atoms with E-state index in [-0.39, 0.29) is 18.1 Å². The number of benzene rings is 2. The molecular weight excluding hydrogens is 317 g/mol. The monoisotopic (exact) mass is 335 g/mol. The summed E-state index contributed by atoms with van der Waals surface area (Å²) >= 11 is 0. The van der Waals surface area contributed by atoms with Crippen LogP contribution < -0.4 is 10.6 Å². The van der Waals surface area contributed by atoms with Crippen LogP contribution >= 0.6 is 0 Å². The van der Waals surface area contributed by atoms with Gasteiger partial charge in [0.25, 0.3) is 0 Å². The molecule has 0 aliphatic heterocycles. The fourth-order valence-corrected chi connectivity index (χ4v) is 2.37. The first-order chi connectivity index (χ1) is 12.2. The predicted octanol–water partition coefficient (Wildman–Crippen LogP) is 4.01. The number of carbonyl (C=O) groups excluding carboxylic acids is 1. The van der Waals surface area contributed by atoms with Crippen molar-refractivity contribution >= 4 is 17.3 Å². The van der Waals surface area contributed by atoms with E-state index in [4.69, 9.17) is 0 Å². The Hall–Kier alpha value is -3.21. The van der Waals surface area contributed by atoms with Crippen LogP contribution in [0, 0.1) is 5.82 Å². The summed E-state index contributed by atoms with van der Waals surface area (Å²) in [6.45, 7) is 0.685. The summed E-state index contributed by atoms with van der Waals surface area (Å²) in [5.41, 5.74) is 3.55. The van der Waals surface area contributed by atoms with E-state index in [1.165, 1.54) is 12.1 Å². The summed E-state index contributed by atoms with van der Waals surface area (Å²) in [4.78, 5) is 16.1. The van der Waals surface area contributed by atoms with Gasteiger partial charge in [0, 0.05) is 30.3 Å². The molecule has 0 aliphatic rings. The van der Waals surface area contributed by atoms with Gasteiger partial charge in [0.1, 0.15) is 5.82 Å². The highest BCUT2D eigenvalue weighted by Gasteiger charge is 2.04. The van der Waals surface area contributed by atoms with Crippen molar-refractivity contribution in [2.24, 2.45) is 0 Å². The van der Waals surface area contributed by atoms with Crippen molar-refractivity contribution in [3.63, 3.8) is 0 Å². The van der Waals surface area contributed by atoms with Crippen molar-refractivity contribution in [3.8, 4) is 0 Å². The summed E-state index contributed by atoms with van der Waals surface area (Å²) in [7, 11) is 0. The molecule has 0 atom stereocenters. The number of hydrogen-bond acceptors (Lipinski definition) is 3. The maximum Gasteiger partial charge on any atom is 0.228 e. The van der Waals surface area contributed by atoms with Gasteiger partial charge in [0.05, 0.1) is 6.42 Å². The van der Waals surface area contributed by atoms with Gasteiger partial charge in [-0.1, -0.05) is 18.2 Å². The zero-order valence-electron chi connectivity index (χ0n) is 13.6. The van der Waals surface area contributed by atoms with Crippen LogP contribution in [0.5, 0.6) is 0 Å². The van der Waals surface area contributed by atoms with Crippen LogP contribution in [0.15, 0.2) is 73.1 Å². The average Bonchev–Trinajstić information content (AvgIpc) is 2.64. The molecule has 2 N–H and O–H groups in total. The minimum atomic E-state index is -0.307. The average molecular weight is 335 g/mol. The summed E-state index contributed by atoms with van der Waals surface area (Å²) in [5.74, 6) is -0.443. The zero-order valence-corrected chi connectivity index (χ0v) is 13.6. The molecule has 1 heterocycles. The van der Waals surface area contributed by atoms with Crippen molar-refractivity contribution in [3.05, 3.63) is 90.0 Å². The number of pyridine rings is 1. The molecule has 0 saturated carbocycles. The molecule has 3 aromatic rings. The van der Waals surface area contributed by atoms with Crippen LogP contribution in [0.2, 0.25) is 0 Å². The highest BCUT2D eigenvalue weighted by Crippen LogP contribution is 2.15. The van der Waals surface area contributed by atoms with E-state index in [0.29, 0.717) is 6.54 Å². The molecule has 3 rings (SSSR count). The lowest BCUT2D eigenvalue weighted by atomic mass is 10.1. The van der Waals surface area contributed by atoms with Gasteiger partial charge in [0.15, 0.2) is 0 Å². The van der Waals surface area contributed by atoms with Crippen molar-refractivity contribution < 1.29 is 9.18 Å². The standard InChI is InChI=1S/C20H18FN3O/c21-17-5-3-15(4-6-17)12-20(25)24-19-9-7-18(8-10-19)23-14-16-2-1-11-22-13-16/h1-11,13,23H,12,14H2,(H,24,25). The number of hydrogen-bond donors (Lipinski definition) is 2. The van der Waals surface area contributed by atoms with Crippen LogP contribution in [0.1, 0.15) is 11.1 Å². The summed E-state index contributed by atoms with van der Waals surface area (Å²) in [5, 5.41) is 6.13. The number of carbonyl (C=O) groups is 1. The van der Waals surface area contributed by atoms with Gasteiger partial charge in [-0.2, -0.15) is 0 Å². The lowest BCUT2D eigenvalue weighted by Gasteiger charge is -2.09. The van der Waals surface area contributed by atoms with Gasteiger partial charge >= 0.3 is 0 Å². The van der Waals surface area contributed by atoms with E-state index in [2.05, 4.69) is 15.6 Å². The van der Waals surface area contributed by atoms with Gasteiger partial charge in [-0.05, 0) is 53.6 Å². The maximum atomic E-state index is 12.9. The highest BCUT2D eigenvalue weighted by molar-refractivity contribution is 5.92. The third-order valence-electron chi connectivity index (χ3n) is 3.67. The van der Waals surface area contributed by atoms with E-state index < -0.39 is 0 Å². The van der Waals surface area contributed by atoms with Crippen LogP contribution in [0.3, 0.4) is 0 Å². The quantitative estimate of drug-likeness (QED) is 0.715. The van der Waals surface area contributed by atoms with Crippen LogP contribution in [-0.2, 0) is 17.8 Å². The van der Waals surface area contributed by atoms with Crippen molar-refractivity contribution in [2.75, 3.05) is 10.6 Å². The fraction of sp³-hybridized carbons (Fsp3) is 0.100. The Morgan fingerprint density at radius 2 is 1.64 bits per heavy atom. The van der Waals surface area contributed by atoms with E-state index in [1.54, 1.807) is 18.3 Å². The Balaban J connectivity index is 1.51. The van der Waals surface area contributed by atoms with Gasteiger partial charge in [-0.3, -0.25) is 9.78 Å². The molecule has 0 aliphatic carbocycles. The zero-order chi connectivity index (χ0) is 17.5. The Kier molecular flexibility index (Phi) is 5.36. The predicted molar refractivity (Wildman–Crippen MR) is 96.7 cm³/mol. The van der Waals surface area contributed by atoms with E-state index in [9.17, 15) is 9.18 Å². The van der Waals surface area contributed by atoms with E-state index in [0.717, 1.165) is 22.5 Å². The van der Waals surface area contributed by atoms with Crippen LogP contribution in [-0.4, -0.2) is 10.9 Å². The number of anilines is 2. The molecule has 0 unspecified atom stereocenters. The summed E-state index contributed by atoms with van der Waals surface area (Å²) in [6, 6.07) is 17.3. The fourth-order valence-electron chi connectivity index (χ4n) is 2.37. The minimum absolute atomic E-state index is 0.136. The molecule has 0 spiro atoms. The maximum absolute atomic E-state index is 12.9. The molecule has 4 nitrogen and oxygen atoms in total. The largest absolute Gasteiger partial charge is 0.381 e. The SMILES string of the molecule is O=C(Cc1ccc(F)cc1)Nc1ccc(NCc2cccnc2)cc1. The lowest BCUT2D eigenvalue weighted by molar-refractivity contribution is -0.115. The first-order valence-electron chi connectivity index (χ1n) is 7.96. The second kappa shape index (κ2) is 8.06. The molecule has 0 radical (unpaired) electrons. The van der Waals surface area contributed by atoms with Gasteiger partial charge in [-0.15, -0.1) is 0 Å². The second-order valence-electron chi connectivity index (χ2n) is 5.64. The van der Waals surface area contributed by atoms with Crippen molar-refractivity contribution in [1.29, 1.82) is 0 Å². The number of amides is 1. The van der Waals surface area contributed by atoms with Gasteiger partial charge in [0.2, 0.25) is 5.91 Å². The molecule has 0 saturated heterocycles. The number of rotatable bonds is 6. The number of aromatic nitrogens is 1. The Bertz CT molecular complexity index is 818. The Morgan fingerprint density at radius 1 is 0.920 bits per heavy atom. The molecule has 2 aromatic carbocycles. The molecule has 0 bridgehead atoms. The molecule has 1 aromatic heterocycles. The molecule has 25 heavy (non-hydrogen) atoms. The normalized spacial score (nSPS) is 10.3. The highest BCUT2D eigenvalue weighted by atomic mass is 19.1. The van der Waals surface area contributed by atoms with E-state index >= 15 is 0 Å². The number of halogens is 1. The Morgan fingerprint density at radius 3 is 2.32 bits per heavy atom. The second-order valence-corrected chi connectivity index (χ2v) is 5.64. The van der Waals surface area contributed by atoms with Gasteiger partial charge in [-0.25, -0.2) is 4.39 Å². The molecule has 1 amide bonds. The molecule has 5 heteroatoms. The minimum Gasteiger partial charge on any atom is -0.381 e. The van der Waals surface area contributed by atoms with Crippen LogP contribution in [0.25, 0.3) is 0 Å². The third-order valence-corrected chi connectivity index (χ3v) is 3.67. The summed E-state index contributed by atoms with van der Waals surface area (Å²) in [6.07, 6.45) is 3.77. The molecule has 126 valence electrons.